The van der Waals surface area contributed by atoms with Gasteiger partial charge in [0.2, 0.25) is 5.91 Å². The molecule has 0 radical (unpaired) electrons. The largest absolute Gasteiger partial charge is 0.375 e. The maximum absolute atomic E-state index is 11.3. The van der Waals surface area contributed by atoms with Gasteiger partial charge in [0.05, 0.1) is 12.7 Å². The number of ether oxygens (including phenoxy) is 1. The van der Waals surface area contributed by atoms with Gasteiger partial charge in [-0.05, 0) is 18.4 Å². The molecule has 1 aliphatic heterocycles. The molecule has 3 nitrogen and oxygen atoms in total. The third-order valence-corrected chi connectivity index (χ3v) is 3.18. The summed E-state index contributed by atoms with van der Waals surface area (Å²) in [5.74, 6) is 0.151. The van der Waals surface area contributed by atoms with Crippen LogP contribution in [0.5, 0.6) is 0 Å². The van der Waals surface area contributed by atoms with E-state index in [0.29, 0.717) is 6.61 Å². The van der Waals surface area contributed by atoms with Crippen LogP contribution in [0.2, 0.25) is 0 Å². The molecule has 0 spiro atoms. The van der Waals surface area contributed by atoms with E-state index in [9.17, 15) is 4.79 Å². The van der Waals surface area contributed by atoms with E-state index in [2.05, 4.69) is 24.3 Å². The molecule has 1 aliphatic rings. The average Bonchev–Trinajstić information content (AvgIpc) is 2.38. The molecule has 1 amide bonds. The average molecular weight is 233 g/mol. The highest BCUT2D eigenvalue weighted by atomic mass is 16.5. The lowest BCUT2D eigenvalue weighted by Crippen LogP contribution is -2.44. The van der Waals surface area contributed by atoms with Gasteiger partial charge in [-0.2, -0.15) is 0 Å². The van der Waals surface area contributed by atoms with E-state index in [1.54, 1.807) is 6.92 Å². The van der Waals surface area contributed by atoms with Gasteiger partial charge in [0.1, 0.15) is 0 Å². The molecule has 2 rings (SSSR count). The minimum Gasteiger partial charge on any atom is -0.375 e. The highest BCUT2D eigenvalue weighted by Crippen LogP contribution is 2.12. The summed E-state index contributed by atoms with van der Waals surface area (Å²) in [6.07, 6.45) is 2.18. The Morgan fingerprint density at radius 2 is 2.18 bits per heavy atom. The van der Waals surface area contributed by atoms with Crippen molar-refractivity contribution in [3.05, 3.63) is 35.9 Å². The Bertz CT molecular complexity index is 364. The van der Waals surface area contributed by atoms with Crippen LogP contribution in [0.15, 0.2) is 30.3 Å². The summed E-state index contributed by atoms with van der Waals surface area (Å²) in [6, 6.07) is 10.4. The van der Waals surface area contributed by atoms with Crippen molar-refractivity contribution in [2.75, 3.05) is 19.7 Å². The van der Waals surface area contributed by atoms with Crippen LogP contribution in [-0.2, 0) is 16.0 Å². The van der Waals surface area contributed by atoms with Crippen molar-refractivity contribution in [2.45, 2.75) is 25.9 Å². The second-order valence-corrected chi connectivity index (χ2v) is 4.48. The first kappa shape index (κ1) is 12.1. The SMILES string of the molecule is CC(=O)N1CCOC(CCc2ccccc2)C1. The van der Waals surface area contributed by atoms with Gasteiger partial charge in [0, 0.05) is 20.0 Å². The Hall–Kier alpha value is -1.35. The van der Waals surface area contributed by atoms with Crippen LogP contribution >= 0.6 is 0 Å². The fourth-order valence-corrected chi connectivity index (χ4v) is 2.15. The van der Waals surface area contributed by atoms with Crippen LogP contribution < -0.4 is 0 Å². The van der Waals surface area contributed by atoms with Gasteiger partial charge in [-0.25, -0.2) is 0 Å². The molecule has 92 valence electrons. The second kappa shape index (κ2) is 5.82. The molecule has 1 unspecified atom stereocenters. The standard InChI is InChI=1S/C14H19NO2/c1-12(16)15-9-10-17-14(11-15)8-7-13-5-3-2-4-6-13/h2-6,14H,7-11H2,1H3. The third-order valence-electron chi connectivity index (χ3n) is 3.18. The molecule has 0 aromatic heterocycles. The smallest absolute Gasteiger partial charge is 0.219 e. The lowest BCUT2D eigenvalue weighted by molar-refractivity contribution is -0.136. The summed E-state index contributed by atoms with van der Waals surface area (Å²) >= 11 is 0. The van der Waals surface area contributed by atoms with Gasteiger partial charge in [-0.1, -0.05) is 30.3 Å². The summed E-state index contributed by atoms with van der Waals surface area (Å²) in [5.41, 5.74) is 1.33. The van der Waals surface area contributed by atoms with Crippen molar-refractivity contribution in [3.8, 4) is 0 Å². The second-order valence-electron chi connectivity index (χ2n) is 4.48. The Kier molecular flexibility index (Phi) is 4.15. The van der Waals surface area contributed by atoms with Gasteiger partial charge in [-0.15, -0.1) is 0 Å². The number of nitrogens with zero attached hydrogens (tertiary/aromatic N) is 1. The van der Waals surface area contributed by atoms with Crippen molar-refractivity contribution in [1.29, 1.82) is 0 Å². The van der Waals surface area contributed by atoms with E-state index in [0.717, 1.165) is 25.9 Å². The van der Waals surface area contributed by atoms with Crippen LogP contribution in [-0.4, -0.2) is 36.6 Å². The first-order chi connectivity index (χ1) is 8.25. The van der Waals surface area contributed by atoms with Crippen LogP contribution in [0.25, 0.3) is 0 Å². The van der Waals surface area contributed by atoms with Crippen molar-refractivity contribution < 1.29 is 9.53 Å². The van der Waals surface area contributed by atoms with E-state index in [1.807, 2.05) is 11.0 Å². The minimum atomic E-state index is 0.151. The predicted molar refractivity (Wildman–Crippen MR) is 66.8 cm³/mol. The number of amides is 1. The number of carbonyl (C=O) groups is 1. The Morgan fingerprint density at radius 3 is 2.88 bits per heavy atom. The topological polar surface area (TPSA) is 29.5 Å². The van der Waals surface area contributed by atoms with Crippen molar-refractivity contribution >= 4 is 5.91 Å². The van der Waals surface area contributed by atoms with E-state index < -0.39 is 0 Å². The van der Waals surface area contributed by atoms with E-state index in [1.165, 1.54) is 5.56 Å². The predicted octanol–water partition coefficient (Wildman–Crippen LogP) is 1.87. The molecule has 17 heavy (non-hydrogen) atoms. The molecule has 1 heterocycles. The molecule has 3 heteroatoms. The molecule has 0 bridgehead atoms. The lowest BCUT2D eigenvalue weighted by Gasteiger charge is -2.32. The molecule has 0 N–H and O–H groups in total. The fraction of sp³-hybridized carbons (Fsp3) is 0.500. The Morgan fingerprint density at radius 1 is 1.41 bits per heavy atom. The highest BCUT2D eigenvalue weighted by molar-refractivity contribution is 5.73. The zero-order valence-electron chi connectivity index (χ0n) is 10.3. The minimum absolute atomic E-state index is 0.151. The zero-order chi connectivity index (χ0) is 12.1. The van der Waals surface area contributed by atoms with Crippen LogP contribution in [0.3, 0.4) is 0 Å². The fourth-order valence-electron chi connectivity index (χ4n) is 2.15. The summed E-state index contributed by atoms with van der Waals surface area (Å²) in [4.78, 5) is 13.2. The molecular formula is C14H19NO2. The third kappa shape index (κ3) is 3.56. The molecule has 1 aromatic carbocycles. The summed E-state index contributed by atoms with van der Waals surface area (Å²) in [6.45, 7) is 3.76. The number of aryl methyl sites for hydroxylation is 1. The molecule has 1 fully saturated rings. The van der Waals surface area contributed by atoms with Gasteiger partial charge in [0.15, 0.2) is 0 Å². The molecule has 0 saturated carbocycles. The van der Waals surface area contributed by atoms with Gasteiger partial charge >= 0.3 is 0 Å². The van der Waals surface area contributed by atoms with E-state index >= 15 is 0 Å². The maximum Gasteiger partial charge on any atom is 0.219 e. The van der Waals surface area contributed by atoms with Crippen LogP contribution in [0, 0.1) is 0 Å². The van der Waals surface area contributed by atoms with Crippen molar-refractivity contribution in [3.63, 3.8) is 0 Å². The summed E-state index contributed by atoms with van der Waals surface area (Å²) < 4.78 is 5.69. The highest BCUT2D eigenvalue weighted by Gasteiger charge is 2.21. The maximum atomic E-state index is 11.3. The number of rotatable bonds is 3. The number of morpholine rings is 1. The quantitative estimate of drug-likeness (QED) is 0.797. The molecule has 1 aromatic rings. The number of carbonyl (C=O) groups excluding carboxylic acids is 1. The van der Waals surface area contributed by atoms with Crippen LogP contribution in [0.4, 0.5) is 0 Å². The van der Waals surface area contributed by atoms with Crippen molar-refractivity contribution in [1.82, 2.24) is 4.90 Å². The zero-order valence-corrected chi connectivity index (χ0v) is 10.3. The number of hydrogen-bond donors (Lipinski definition) is 0. The molecule has 1 atom stereocenters. The first-order valence-electron chi connectivity index (χ1n) is 6.17. The normalized spacial score (nSPS) is 20.3. The van der Waals surface area contributed by atoms with Gasteiger partial charge in [0.25, 0.3) is 0 Å². The molecule has 1 saturated heterocycles. The van der Waals surface area contributed by atoms with Gasteiger partial charge in [-0.3, -0.25) is 4.79 Å². The van der Waals surface area contributed by atoms with E-state index in [4.69, 9.17) is 4.74 Å². The van der Waals surface area contributed by atoms with Gasteiger partial charge < -0.3 is 9.64 Å². The Labute approximate surface area is 102 Å². The van der Waals surface area contributed by atoms with Crippen LogP contribution in [0.1, 0.15) is 18.9 Å². The lowest BCUT2D eigenvalue weighted by atomic mass is 10.1. The number of benzene rings is 1. The van der Waals surface area contributed by atoms with E-state index in [-0.39, 0.29) is 12.0 Å². The number of hydrogen-bond acceptors (Lipinski definition) is 2. The summed E-state index contributed by atoms with van der Waals surface area (Å²) in [5, 5.41) is 0. The van der Waals surface area contributed by atoms with Crippen molar-refractivity contribution in [2.24, 2.45) is 0 Å². The summed E-state index contributed by atoms with van der Waals surface area (Å²) in [7, 11) is 0. The Balaban J connectivity index is 1.81. The molecular weight excluding hydrogens is 214 g/mol. The molecule has 0 aliphatic carbocycles. The first-order valence-corrected chi connectivity index (χ1v) is 6.17. The monoisotopic (exact) mass is 233 g/mol.